The number of rotatable bonds is 7. The average Bonchev–Trinajstić information content (AvgIpc) is 2.61. The van der Waals surface area contributed by atoms with E-state index in [0.29, 0.717) is 12.3 Å². The van der Waals surface area contributed by atoms with E-state index in [1.54, 1.807) is 4.90 Å². The topological polar surface area (TPSA) is 49.4 Å². The normalized spacial score (nSPS) is 10.4. The Labute approximate surface area is 153 Å². The third-order valence-electron chi connectivity index (χ3n) is 3.81. The van der Waals surface area contributed by atoms with E-state index < -0.39 is 0 Å². The second-order valence-corrected chi connectivity index (χ2v) is 6.96. The van der Waals surface area contributed by atoms with Crippen LogP contribution >= 0.6 is 11.8 Å². The lowest BCUT2D eigenvalue weighted by atomic mass is 10.1. The number of nitrogens with one attached hydrogen (secondary N) is 1. The zero-order valence-corrected chi connectivity index (χ0v) is 15.7. The summed E-state index contributed by atoms with van der Waals surface area (Å²) in [5.41, 5.74) is 3.20. The Morgan fingerprint density at radius 1 is 1.00 bits per heavy atom. The molecule has 0 aliphatic heterocycles. The number of aryl methyl sites for hydroxylation is 1. The predicted octanol–water partition coefficient (Wildman–Crippen LogP) is 3.96. The van der Waals surface area contributed by atoms with Crippen molar-refractivity contribution in [2.45, 2.75) is 31.7 Å². The van der Waals surface area contributed by atoms with Crippen molar-refractivity contribution in [2.24, 2.45) is 0 Å². The van der Waals surface area contributed by atoms with Crippen molar-refractivity contribution >= 4 is 29.3 Å². The minimum Gasteiger partial charge on any atom is -0.341 e. The van der Waals surface area contributed by atoms with Gasteiger partial charge in [-0.15, -0.1) is 11.8 Å². The molecule has 2 rings (SSSR count). The smallest absolute Gasteiger partial charge is 0.232 e. The van der Waals surface area contributed by atoms with Gasteiger partial charge in [-0.2, -0.15) is 0 Å². The van der Waals surface area contributed by atoms with Crippen molar-refractivity contribution in [1.82, 2.24) is 4.90 Å². The maximum Gasteiger partial charge on any atom is 0.232 e. The first-order valence-electron chi connectivity index (χ1n) is 8.30. The van der Waals surface area contributed by atoms with Crippen molar-refractivity contribution in [3.8, 4) is 0 Å². The molecule has 0 bridgehead atoms. The summed E-state index contributed by atoms with van der Waals surface area (Å²) < 4.78 is 0. The Morgan fingerprint density at radius 2 is 1.60 bits per heavy atom. The summed E-state index contributed by atoms with van der Waals surface area (Å²) in [6.07, 6.45) is 1.02. The van der Waals surface area contributed by atoms with E-state index >= 15 is 0 Å². The van der Waals surface area contributed by atoms with Gasteiger partial charge in [-0.3, -0.25) is 9.59 Å². The van der Waals surface area contributed by atoms with E-state index in [4.69, 9.17) is 0 Å². The molecule has 0 saturated heterocycles. The van der Waals surface area contributed by atoms with Gasteiger partial charge in [0.25, 0.3) is 0 Å². The number of nitrogens with zero attached hydrogens (tertiary/aromatic N) is 1. The number of anilines is 1. The van der Waals surface area contributed by atoms with Gasteiger partial charge in [-0.25, -0.2) is 0 Å². The first kappa shape index (κ1) is 19.1. The van der Waals surface area contributed by atoms with E-state index in [2.05, 4.69) is 36.5 Å². The van der Waals surface area contributed by atoms with Crippen LogP contribution in [-0.2, 0) is 22.6 Å². The first-order valence-corrected chi connectivity index (χ1v) is 9.28. The van der Waals surface area contributed by atoms with Crippen LogP contribution in [0.15, 0.2) is 53.4 Å². The highest BCUT2D eigenvalue weighted by Crippen LogP contribution is 2.21. The fourth-order valence-corrected chi connectivity index (χ4v) is 3.17. The zero-order valence-electron chi connectivity index (χ0n) is 14.9. The Kier molecular flexibility index (Phi) is 7.07. The number of benzene rings is 2. The van der Waals surface area contributed by atoms with Crippen LogP contribution in [0, 0.1) is 0 Å². The molecule has 0 fully saturated rings. The lowest BCUT2D eigenvalue weighted by molar-refractivity contribution is -0.127. The van der Waals surface area contributed by atoms with Crippen LogP contribution in [0.2, 0.25) is 0 Å². The van der Waals surface area contributed by atoms with Crippen LogP contribution in [0.5, 0.6) is 0 Å². The van der Waals surface area contributed by atoms with Crippen molar-refractivity contribution < 1.29 is 9.59 Å². The number of hydrogen-bond acceptors (Lipinski definition) is 3. The van der Waals surface area contributed by atoms with Gasteiger partial charge < -0.3 is 10.2 Å². The fourth-order valence-electron chi connectivity index (χ4n) is 2.34. The summed E-state index contributed by atoms with van der Waals surface area (Å²) in [5, 5.41) is 2.73. The van der Waals surface area contributed by atoms with Crippen molar-refractivity contribution in [1.29, 1.82) is 0 Å². The number of thioether (sulfide) groups is 1. The molecular formula is C20H24N2O2S. The molecule has 2 aromatic carbocycles. The average molecular weight is 356 g/mol. The molecule has 0 spiro atoms. The summed E-state index contributed by atoms with van der Waals surface area (Å²) in [7, 11) is 1.83. The zero-order chi connectivity index (χ0) is 18.2. The van der Waals surface area contributed by atoms with Crippen LogP contribution < -0.4 is 5.32 Å². The molecule has 2 aromatic rings. The first-order chi connectivity index (χ1) is 12.0. The van der Waals surface area contributed by atoms with Crippen LogP contribution in [0.1, 0.15) is 25.0 Å². The lowest BCUT2D eigenvalue weighted by Crippen LogP contribution is -2.27. The van der Waals surface area contributed by atoms with Gasteiger partial charge in [0.2, 0.25) is 11.8 Å². The van der Waals surface area contributed by atoms with Gasteiger partial charge in [0.1, 0.15) is 0 Å². The summed E-state index contributed by atoms with van der Waals surface area (Å²) in [6, 6.07) is 15.9. The standard InChI is InChI=1S/C20H24N2O2S/c1-4-16-5-7-17(8-6-16)13-22(3)20(24)14-25-19-11-9-18(10-12-19)21-15(2)23/h5-12H,4,13-14H2,1-3H3,(H,21,23). The Bertz CT molecular complexity index is 711. The summed E-state index contributed by atoms with van der Waals surface area (Å²) >= 11 is 1.50. The molecule has 0 aliphatic rings. The molecule has 4 nitrogen and oxygen atoms in total. The summed E-state index contributed by atoms with van der Waals surface area (Å²) in [6.45, 7) is 4.22. The molecular weight excluding hydrogens is 332 g/mol. The number of carbonyl (C=O) groups is 2. The van der Waals surface area contributed by atoms with Gasteiger partial charge in [-0.1, -0.05) is 31.2 Å². The van der Waals surface area contributed by atoms with Crippen LogP contribution in [0.3, 0.4) is 0 Å². The highest BCUT2D eigenvalue weighted by molar-refractivity contribution is 8.00. The molecule has 5 heteroatoms. The Morgan fingerprint density at radius 3 is 2.16 bits per heavy atom. The second kappa shape index (κ2) is 9.28. The fraction of sp³-hybridized carbons (Fsp3) is 0.300. The molecule has 1 N–H and O–H groups in total. The summed E-state index contributed by atoms with van der Waals surface area (Å²) in [4.78, 5) is 26.1. The molecule has 132 valence electrons. The van der Waals surface area contributed by atoms with Gasteiger partial charge in [-0.05, 0) is 41.8 Å². The number of amides is 2. The maximum absolute atomic E-state index is 12.3. The molecule has 0 unspecified atom stereocenters. The quantitative estimate of drug-likeness (QED) is 0.764. The van der Waals surface area contributed by atoms with Crippen molar-refractivity contribution in [2.75, 3.05) is 18.1 Å². The van der Waals surface area contributed by atoms with E-state index in [0.717, 1.165) is 22.6 Å². The largest absolute Gasteiger partial charge is 0.341 e. The molecule has 2 amide bonds. The SMILES string of the molecule is CCc1ccc(CN(C)C(=O)CSc2ccc(NC(C)=O)cc2)cc1. The van der Waals surface area contributed by atoms with E-state index in [1.807, 2.05) is 31.3 Å². The van der Waals surface area contributed by atoms with Crippen LogP contribution in [0.4, 0.5) is 5.69 Å². The third-order valence-corrected chi connectivity index (χ3v) is 4.81. The molecule has 25 heavy (non-hydrogen) atoms. The van der Waals surface area contributed by atoms with Gasteiger partial charge in [0.05, 0.1) is 5.75 Å². The minimum absolute atomic E-state index is 0.0931. The van der Waals surface area contributed by atoms with E-state index in [1.165, 1.54) is 24.2 Å². The van der Waals surface area contributed by atoms with Gasteiger partial charge in [0.15, 0.2) is 0 Å². The predicted molar refractivity (Wildman–Crippen MR) is 104 cm³/mol. The molecule has 0 saturated carbocycles. The van der Waals surface area contributed by atoms with Crippen LogP contribution in [0.25, 0.3) is 0 Å². The Balaban J connectivity index is 1.83. The molecule has 0 atom stereocenters. The highest BCUT2D eigenvalue weighted by atomic mass is 32.2. The van der Waals surface area contributed by atoms with Crippen molar-refractivity contribution in [3.05, 3.63) is 59.7 Å². The highest BCUT2D eigenvalue weighted by Gasteiger charge is 2.10. The molecule has 0 heterocycles. The second-order valence-electron chi connectivity index (χ2n) is 5.91. The van der Waals surface area contributed by atoms with E-state index in [-0.39, 0.29) is 11.8 Å². The van der Waals surface area contributed by atoms with Gasteiger partial charge >= 0.3 is 0 Å². The number of hydrogen-bond donors (Lipinski definition) is 1. The summed E-state index contributed by atoms with van der Waals surface area (Å²) in [5.74, 6) is 0.392. The monoisotopic (exact) mass is 356 g/mol. The molecule has 0 radical (unpaired) electrons. The Hall–Kier alpha value is -2.27. The molecule has 0 aliphatic carbocycles. The van der Waals surface area contributed by atoms with Gasteiger partial charge in [0, 0.05) is 31.1 Å². The van der Waals surface area contributed by atoms with Crippen molar-refractivity contribution in [3.63, 3.8) is 0 Å². The minimum atomic E-state index is -0.0934. The lowest BCUT2D eigenvalue weighted by Gasteiger charge is -2.17. The third kappa shape index (κ3) is 6.27. The van der Waals surface area contributed by atoms with E-state index in [9.17, 15) is 9.59 Å². The molecule has 0 aromatic heterocycles. The van der Waals surface area contributed by atoms with Crippen LogP contribution in [-0.4, -0.2) is 29.5 Å². The maximum atomic E-state index is 12.3. The number of carbonyl (C=O) groups excluding carboxylic acids is 2.